The lowest BCUT2D eigenvalue weighted by atomic mass is 10.2. The maximum atomic E-state index is 12.0. The highest BCUT2D eigenvalue weighted by molar-refractivity contribution is 5.94. The van der Waals surface area contributed by atoms with Crippen molar-refractivity contribution in [2.24, 2.45) is 0 Å². The van der Waals surface area contributed by atoms with Crippen molar-refractivity contribution in [3.63, 3.8) is 0 Å². The van der Waals surface area contributed by atoms with Crippen LogP contribution in [-0.4, -0.2) is 41.7 Å². The van der Waals surface area contributed by atoms with E-state index in [1.807, 2.05) is 24.3 Å². The predicted molar refractivity (Wildman–Crippen MR) is 75.3 cm³/mol. The van der Waals surface area contributed by atoms with Crippen molar-refractivity contribution in [1.29, 1.82) is 0 Å². The SMILES string of the molecule is O=C(Nc1ccc(-c2ncc[nH]2)cc1)C1CNCCO1. The average molecular weight is 272 g/mol. The zero-order valence-electron chi connectivity index (χ0n) is 10.9. The molecule has 6 nitrogen and oxygen atoms in total. The van der Waals surface area contributed by atoms with E-state index in [-0.39, 0.29) is 5.91 Å². The summed E-state index contributed by atoms with van der Waals surface area (Å²) in [5.41, 5.74) is 1.73. The minimum Gasteiger partial charge on any atom is -0.366 e. The Labute approximate surface area is 116 Å². The normalized spacial score (nSPS) is 18.7. The Hall–Kier alpha value is -2.18. The summed E-state index contributed by atoms with van der Waals surface area (Å²) in [6.45, 7) is 1.91. The summed E-state index contributed by atoms with van der Waals surface area (Å²) in [4.78, 5) is 19.2. The van der Waals surface area contributed by atoms with E-state index >= 15 is 0 Å². The minimum absolute atomic E-state index is 0.122. The smallest absolute Gasteiger partial charge is 0.254 e. The highest BCUT2D eigenvalue weighted by Gasteiger charge is 2.21. The third-order valence-electron chi connectivity index (χ3n) is 3.14. The molecule has 3 N–H and O–H groups in total. The first-order chi connectivity index (χ1) is 9.83. The van der Waals surface area contributed by atoms with E-state index in [1.165, 1.54) is 0 Å². The predicted octanol–water partition coefficient (Wildman–Crippen LogP) is 1.00. The summed E-state index contributed by atoms with van der Waals surface area (Å²) in [6.07, 6.45) is 3.06. The first-order valence-electron chi connectivity index (χ1n) is 6.56. The van der Waals surface area contributed by atoms with Gasteiger partial charge in [-0.3, -0.25) is 4.79 Å². The second kappa shape index (κ2) is 5.85. The first kappa shape index (κ1) is 12.8. The molecule has 20 heavy (non-hydrogen) atoms. The fourth-order valence-corrected chi connectivity index (χ4v) is 2.09. The zero-order valence-corrected chi connectivity index (χ0v) is 10.9. The maximum absolute atomic E-state index is 12.0. The van der Waals surface area contributed by atoms with Gasteiger partial charge in [0.05, 0.1) is 6.61 Å². The number of morpholine rings is 1. The summed E-state index contributed by atoms with van der Waals surface area (Å²) in [7, 11) is 0. The summed E-state index contributed by atoms with van der Waals surface area (Å²) < 4.78 is 5.41. The van der Waals surface area contributed by atoms with Crippen LogP contribution < -0.4 is 10.6 Å². The molecule has 2 aromatic rings. The molecule has 2 heterocycles. The maximum Gasteiger partial charge on any atom is 0.254 e. The van der Waals surface area contributed by atoms with Crippen molar-refractivity contribution in [1.82, 2.24) is 15.3 Å². The van der Waals surface area contributed by atoms with Crippen LogP contribution in [0.3, 0.4) is 0 Å². The number of aromatic amines is 1. The van der Waals surface area contributed by atoms with Gasteiger partial charge < -0.3 is 20.4 Å². The number of carbonyl (C=O) groups excluding carboxylic acids is 1. The number of benzene rings is 1. The number of carbonyl (C=O) groups is 1. The number of rotatable bonds is 3. The van der Waals surface area contributed by atoms with Crippen LogP contribution in [0.15, 0.2) is 36.7 Å². The molecule has 1 aromatic carbocycles. The lowest BCUT2D eigenvalue weighted by Crippen LogP contribution is -2.45. The fourth-order valence-electron chi connectivity index (χ4n) is 2.09. The summed E-state index contributed by atoms with van der Waals surface area (Å²) in [5.74, 6) is 0.686. The van der Waals surface area contributed by atoms with Crippen LogP contribution in [0.1, 0.15) is 0 Å². The molecule has 1 amide bonds. The van der Waals surface area contributed by atoms with Gasteiger partial charge in [-0.05, 0) is 24.3 Å². The van der Waals surface area contributed by atoms with E-state index in [1.54, 1.807) is 12.4 Å². The van der Waals surface area contributed by atoms with E-state index in [2.05, 4.69) is 20.6 Å². The fraction of sp³-hybridized carbons (Fsp3) is 0.286. The number of nitrogens with one attached hydrogen (secondary N) is 3. The first-order valence-corrected chi connectivity index (χ1v) is 6.56. The van der Waals surface area contributed by atoms with Gasteiger partial charge >= 0.3 is 0 Å². The molecule has 0 aliphatic carbocycles. The van der Waals surface area contributed by atoms with Gasteiger partial charge in [0.15, 0.2) is 0 Å². The Morgan fingerprint density at radius 3 is 2.85 bits per heavy atom. The Balaban J connectivity index is 1.64. The molecule has 0 saturated carbocycles. The third kappa shape index (κ3) is 2.87. The van der Waals surface area contributed by atoms with Crippen molar-refractivity contribution in [3.05, 3.63) is 36.7 Å². The number of ether oxygens (including phenoxy) is 1. The molecule has 0 radical (unpaired) electrons. The number of nitrogens with zero attached hydrogens (tertiary/aromatic N) is 1. The van der Waals surface area contributed by atoms with Gasteiger partial charge in [-0.15, -0.1) is 0 Å². The lowest BCUT2D eigenvalue weighted by Gasteiger charge is -2.22. The third-order valence-corrected chi connectivity index (χ3v) is 3.14. The van der Waals surface area contributed by atoms with Gasteiger partial charge in [0, 0.05) is 36.7 Å². The molecule has 1 aliphatic heterocycles. The summed E-state index contributed by atoms with van der Waals surface area (Å²) in [6, 6.07) is 7.53. The molecule has 1 unspecified atom stereocenters. The molecule has 1 aromatic heterocycles. The van der Waals surface area contributed by atoms with Gasteiger partial charge in [-0.1, -0.05) is 0 Å². The van der Waals surface area contributed by atoms with Crippen molar-refractivity contribution in [2.45, 2.75) is 6.10 Å². The second-order valence-electron chi connectivity index (χ2n) is 4.57. The molecule has 104 valence electrons. The topological polar surface area (TPSA) is 79.0 Å². The molecule has 1 atom stereocenters. The Kier molecular flexibility index (Phi) is 3.76. The molecule has 1 fully saturated rings. The Bertz CT molecular complexity index is 559. The molecular weight excluding hydrogens is 256 g/mol. The van der Waals surface area contributed by atoms with E-state index in [0.29, 0.717) is 13.2 Å². The van der Waals surface area contributed by atoms with Crippen LogP contribution in [0.4, 0.5) is 5.69 Å². The highest BCUT2D eigenvalue weighted by atomic mass is 16.5. The molecule has 3 rings (SSSR count). The zero-order chi connectivity index (χ0) is 13.8. The number of H-pyrrole nitrogens is 1. The van der Waals surface area contributed by atoms with E-state index < -0.39 is 6.10 Å². The standard InChI is InChI=1S/C14H16N4O2/c19-14(12-9-15-7-8-20-12)18-11-3-1-10(2-4-11)13-16-5-6-17-13/h1-6,12,15H,7-9H2,(H,16,17)(H,18,19). The molecule has 1 saturated heterocycles. The second-order valence-corrected chi connectivity index (χ2v) is 4.57. The largest absolute Gasteiger partial charge is 0.366 e. The van der Waals surface area contributed by atoms with Gasteiger partial charge in [0.1, 0.15) is 11.9 Å². The number of hydrogen-bond donors (Lipinski definition) is 3. The summed E-state index contributed by atoms with van der Waals surface area (Å²) in [5, 5.41) is 5.98. The van der Waals surface area contributed by atoms with Gasteiger partial charge in [0.2, 0.25) is 0 Å². The Morgan fingerprint density at radius 1 is 1.35 bits per heavy atom. The van der Waals surface area contributed by atoms with Gasteiger partial charge in [-0.25, -0.2) is 4.98 Å². The number of amides is 1. The van der Waals surface area contributed by atoms with Crippen molar-refractivity contribution in [3.8, 4) is 11.4 Å². The number of aromatic nitrogens is 2. The quantitative estimate of drug-likeness (QED) is 0.779. The number of hydrogen-bond acceptors (Lipinski definition) is 4. The van der Waals surface area contributed by atoms with Crippen LogP contribution in [0.25, 0.3) is 11.4 Å². The van der Waals surface area contributed by atoms with Crippen LogP contribution in [0, 0.1) is 0 Å². The van der Waals surface area contributed by atoms with Gasteiger partial charge in [-0.2, -0.15) is 0 Å². The van der Waals surface area contributed by atoms with Crippen LogP contribution >= 0.6 is 0 Å². The van der Waals surface area contributed by atoms with Crippen molar-refractivity contribution in [2.75, 3.05) is 25.0 Å². The summed E-state index contributed by atoms with van der Waals surface area (Å²) >= 11 is 0. The average Bonchev–Trinajstić information content (AvgIpc) is 3.03. The number of anilines is 1. The number of imidazole rings is 1. The van der Waals surface area contributed by atoms with Crippen molar-refractivity contribution >= 4 is 11.6 Å². The van der Waals surface area contributed by atoms with Crippen LogP contribution in [0.5, 0.6) is 0 Å². The van der Waals surface area contributed by atoms with E-state index in [4.69, 9.17) is 4.74 Å². The monoisotopic (exact) mass is 272 g/mol. The van der Waals surface area contributed by atoms with E-state index in [0.717, 1.165) is 23.6 Å². The molecular formula is C14H16N4O2. The molecule has 1 aliphatic rings. The van der Waals surface area contributed by atoms with Crippen LogP contribution in [0.2, 0.25) is 0 Å². The molecule has 6 heteroatoms. The highest BCUT2D eigenvalue weighted by Crippen LogP contribution is 2.17. The van der Waals surface area contributed by atoms with E-state index in [9.17, 15) is 4.79 Å². The van der Waals surface area contributed by atoms with Crippen molar-refractivity contribution < 1.29 is 9.53 Å². The lowest BCUT2D eigenvalue weighted by molar-refractivity contribution is -0.128. The van der Waals surface area contributed by atoms with Gasteiger partial charge in [0.25, 0.3) is 5.91 Å². The Morgan fingerprint density at radius 2 is 2.20 bits per heavy atom. The minimum atomic E-state index is -0.423. The molecule has 0 bridgehead atoms. The molecule has 0 spiro atoms. The van der Waals surface area contributed by atoms with Crippen LogP contribution in [-0.2, 0) is 9.53 Å².